The van der Waals surface area contributed by atoms with E-state index in [9.17, 15) is 154 Å². The van der Waals surface area contributed by atoms with Gasteiger partial charge in [0, 0.05) is 48.9 Å². The van der Waals surface area contributed by atoms with Crippen molar-refractivity contribution in [2.45, 2.75) is 209 Å². The highest BCUT2D eigenvalue weighted by molar-refractivity contribution is 6.02. The van der Waals surface area contributed by atoms with E-state index in [-0.39, 0.29) is 28.5 Å². The summed E-state index contributed by atoms with van der Waals surface area (Å²) >= 11 is 0. The molecule has 3 saturated carbocycles. The summed E-state index contributed by atoms with van der Waals surface area (Å²) in [7, 11) is 1.33. The molecule has 3 heterocycles. The van der Waals surface area contributed by atoms with E-state index >= 15 is 0 Å². The van der Waals surface area contributed by atoms with Crippen molar-refractivity contribution in [3.63, 3.8) is 0 Å². The fourth-order valence-electron chi connectivity index (χ4n) is 16.0. The van der Waals surface area contributed by atoms with Crippen molar-refractivity contribution in [3.05, 3.63) is 193 Å². The number of likely N-dealkylation sites (N-methyl/N-ethyl adjacent to an activating group) is 1. The van der Waals surface area contributed by atoms with Crippen molar-refractivity contribution in [1.29, 1.82) is 0 Å². The number of cyclic esters (lactones) is 1. The zero-order valence-electron chi connectivity index (χ0n) is 71.6. The second-order valence-electron chi connectivity index (χ2n) is 33.5. The lowest BCUT2D eigenvalue weighted by molar-refractivity contribution is -0.169. The quantitative estimate of drug-likeness (QED) is 0.0246. The smallest absolute Gasteiger partial charge is 0.312 e. The maximum Gasteiger partial charge on any atom is 0.312 e. The van der Waals surface area contributed by atoms with Gasteiger partial charge in [0.25, 0.3) is 23.6 Å². The normalized spacial score (nSPS) is 26.7. The number of para-hydroxylation sites is 3. The van der Waals surface area contributed by atoms with Gasteiger partial charge >= 0.3 is 5.97 Å². The number of carbonyl (C=O) groups excluding carboxylic acids is 12. The third-order valence-corrected chi connectivity index (χ3v) is 24.8. The highest BCUT2D eigenvalue weighted by Crippen LogP contribution is 2.38. The molecular formula is C88H94F15N11O19. The number of hydrogen-bond donors (Lipinski definition) is 16. The maximum absolute atomic E-state index is 14.7. The lowest BCUT2D eigenvalue weighted by Gasteiger charge is -2.41. The molecule has 133 heavy (non-hydrogen) atoms. The largest absolute Gasteiger partial charge is 0.507 e. The van der Waals surface area contributed by atoms with Gasteiger partial charge in [0.15, 0.2) is 75.9 Å². The van der Waals surface area contributed by atoms with Crippen molar-refractivity contribution < 1.29 is 159 Å². The van der Waals surface area contributed by atoms with E-state index in [0.717, 1.165) is 31.1 Å². The first-order valence-electron chi connectivity index (χ1n) is 42.0. The third kappa shape index (κ3) is 22.4. The van der Waals surface area contributed by atoms with Crippen LogP contribution in [0.5, 0.6) is 17.2 Å². The molecule has 3 unspecified atom stereocenters. The molecule has 0 aromatic heterocycles. The van der Waals surface area contributed by atoms with E-state index in [1.807, 2.05) is 0 Å². The Bertz CT molecular complexity index is 5180. The summed E-state index contributed by atoms with van der Waals surface area (Å²) in [5, 5.41) is 88.1. The first-order chi connectivity index (χ1) is 62.6. The summed E-state index contributed by atoms with van der Waals surface area (Å²) in [6, 6.07) is -0.292. The van der Waals surface area contributed by atoms with Gasteiger partial charge in [0.05, 0.1) is 89.0 Å². The number of aliphatic hydroxyl groups is 3. The molecule has 12 rings (SSSR count). The molecule has 16 N–H and O–H groups in total. The van der Waals surface area contributed by atoms with Gasteiger partial charge in [0.1, 0.15) is 47.5 Å². The van der Waals surface area contributed by atoms with Gasteiger partial charge in [-0.25, -0.2) is 65.9 Å². The van der Waals surface area contributed by atoms with Crippen molar-refractivity contribution in [2.24, 2.45) is 35.5 Å². The van der Waals surface area contributed by atoms with Gasteiger partial charge in [-0.1, -0.05) is 69.5 Å². The van der Waals surface area contributed by atoms with Crippen LogP contribution >= 0.6 is 0 Å². The molecule has 3 aliphatic carbocycles. The number of aliphatic hydroxyl groups excluding tert-OH is 3. The molecule has 18 atom stereocenters. The fourth-order valence-corrected chi connectivity index (χ4v) is 16.0. The number of esters is 1. The van der Waals surface area contributed by atoms with Gasteiger partial charge in [-0.15, -0.1) is 0 Å². The summed E-state index contributed by atoms with van der Waals surface area (Å²) in [5.41, 5.74) is -4.80. The standard InChI is InChI=1S/C30H33F5N4O6.C29H31F5N4O6.C29H30F5N3O7/c1-12-26(41)17(11-16-19(31)21(33)23(35)22(34)20(16)32)37-28(43)24(38-27(42)15-9-4-5-10-18(15)40)13(2)36-29(44)25(14-7-6-8-14)39(3)30(12)45;1-11-25(40)16(10-15-18(30)20(32)22(34)21(33)19(15)31)36-28(43)23(37-27(42)14-8-3-4-9-17(14)39)12(2)35-29(44)24(38-26(11)41)13-6-5-7-13;1-11-24(39)16(10-15-18(30)20(32)22(34)21(33)19(15)31)36-27(41)23(37-26(40)14-8-3-4-9-17(14)38)12(2)35-28(42)25(44-29(11)43)13-6-5-7-13/h4-5,9-10,12-14,17,24-26,40-41H,6-8,11H2,1-3H3,(H,36,44)(H,37,43)(H,38,42);3-4,8-9,11-13,16,23-25,39-40H,5-7,10H2,1-2H3,(H,35,44)(H,36,43)(H,37,42)(H,38,41);3-4,8-9,11-13,16,23-25,38-39H,5-7,10H2,1-2H3,(H,35,42)(H,36,41)(H,37,40)/t12-,13-,17+,24+,25?,26+;11-,12-,16+,23+,24?,25+;11-,12-,16+,23+,24+,25?/m111/s1. The number of benzene rings is 6. The lowest BCUT2D eigenvalue weighted by Crippen LogP contribution is -2.65. The van der Waals surface area contributed by atoms with Gasteiger partial charge in [-0.05, 0) is 114 Å². The second kappa shape index (κ2) is 43.3. The van der Waals surface area contributed by atoms with Gasteiger partial charge in [-0.3, -0.25) is 57.5 Å². The third-order valence-electron chi connectivity index (χ3n) is 24.8. The van der Waals surface area contributed by atoms with Crippen LogP contribution in [0.15, 0.2) is 72.8 Å². The first kappa shape index (κ1) is 102. The van der Waals surface area contributed by atoms with E-state index in [0.29, 0.717) is 38.5 Å². The zero-order chi connectivity index (χ0) is 98.2. The fraction of sp³-hybridized carbons (Fsp3) is 0.455. The molecule has 6 aromatic carbocycles. The highest BCUT2D eigenvalue weighted by Gasteiger charge is 2.49. The molecule has 11 amide bonds. The number of nitrogens with zero attached hydrogens (tertiary/aromatic N) is 1. The van der Waals surface area contributed by atoms with E-state index in [2.05, 4.69) is 53.2 Å². The molecular weight excluding hydrogens is 1800 g/mol. The minimum Gasteiger partial charge on any atom is -0.507 e. The second-order valence-corrected chi connectivity index (χ2v) is 33.5. The number of amides is 11. The van der Waals surface area contributed by atoms with Crippen LogP contribution in [0.4, 0.5) is 65.9 Å². The molecule has 30 nitrogen and oxygen atoms in total. The van der Waals surface area contributed by atoms with Crippen LogP contribution in [0.1, 0.15) is 147 Å². The molecule has 0 radical (unpaired) electrons. The number of carbonyl (C=O) groups is 12. The van der Waals surface area contributed by atoms with E-state index in [1.54, 1.807) is 0 Å². The predicted octanol–water partition coefficient (Wildman–Crippen LogP) is 5.91. The van der Waals surface area contributed by atoms with E-state index in [1.165, 1.54) is 114 Å². The van der Waals surface area contributed by atoms with Gasteiger partial charge < -0.3 is 93.4 Å². The molecule has 0 bridgehead atoms. The maximum atomic E-state index is 14.7. The van der Waals surface area contributed by atoms with Crippen LogP contribution in [-0.4, -0.2) is 204 Å². The zero-order valence-corrected chi connectivity index (χ0v) is 71.6. The van der Waals surface area contributed by atoms with Crippen LogP contribution in [0.25, 0.3) is 0 Å². The Hall–Kier alpha value is -12.8. The number of halogens is 15. The summed E-state index contributed by atoms with van der Waals surface area (Å²) in [6.07, 6.45) is -5.08. The Labute approximate surface area is 747 Å². The van der Waals surface area contributed by atoms with Crippen LogP contribution in [0.3, 0.4) is 0 Å². The minimum atomic E-state index is -2.41. The molecule has 3 aliphatic heterocycles. The van der Waals surface area contributed by atoms with Crippen LogP contribution < -0.4 is 53.2 Å². The summed E-state index contributed by atoms with van der Waals surface area (Å²) in [5.74, 6) is -51.8. The average molecular weight is 1890 g/mol. The van der Waals surface area contributed by atoms with Crippen LogP contribution in [0, 0.1) is 123 Å². The van der Waals surface area contributed by atoms with Gasteiger partial charge in [-0.2, -0.15) is 0 Å². The number of aromatic hydroxyl groups is 3. The summed E-state index contributed by atoms with van der Waals surface area (Å²) in [4.78, 5) is 161. The summed E-state index contributed by atoms with van der Waals surface area (Å²) < 4.78 is 219. The molecule has 6 fully saturated rings. The van der Waals surface area contributed by atoms with E-state index in [4.69, 9.17) is 4.74 Å². The Morgan fingerprint density at radius 2 is 0.639 bits per heavy atom. The summed E-state index contributed by atoms with van der Waals surface area (Å²) in [6.45, 7) is 7.57. The molecule has 6 aromatic rings. The molecule has 45 heteroatoms. The predicted molar refractivity (Wildman–Crippen MR) is 432 cm³/mol. The SMILES string of the molecule is C[C@H]1NC(=O)C(C2CCC2)N(C)C(=O)[C@H](C)[C@H](O)[C@H](Cc2c(F)c(F)c(F)c(F)c2F)NC(=O)[C@H]1NC(=O)c1ccccc1O.C[C@H]1NC(=O)C(C2CCC2)NC(=O)[C@H](C)[C@H](O)[C@H](Cc2c(F)c(F)c(F)c(F)c2F)NC(=O)[C@H]1NC(=O)c1ccccc1O.C[C@H]1NC(=O)C(C2CCC2)OC(=O)[C@H](C)[C@H](O)[C@H](Cc2c(F)c(F)c(F)c(F)c2F)NC(=O)[C@H]1NC(=O)c1ccccc1O. The van der Waals surface area contributed by atoms with Crippen molar-refractivity contribution >= 4 is 70.9 Å². The Balaban J connectivity index is 0.000000207. The minimum absolute atomic E-state index is 0.237. The van der Waals surface area contributed by atoms with Crippen molar-refractivity contribution in [3.8, 4) is 17.2 Å². The number of ether oxygens (including phenoxy) is 1. The van der Waals surface area contributed by atoms with Crippen LogP contribution in [0.2, 0.25) is 0 Å². The monoisotopic (exact) mass is 1890 g/mol. The Kier molecular flexibility index (Phi) is 33.3. The van der Waals surface area contributed by atoms with Gasteiger partial charge in [0.2, 0.25) is 58.8 Å². The van der Waals surface area contributed by atoms with Crippen molar-refractivity contribution in [1.82, 2.24) is 58.1 Å². The molecule has 6 aliphatic rings. The number of nitrogens with one attached hydrogen (secondary N) is 10. The molecule has 0 spiro atoms. The molecule has 720 valence electrons. The highest BCUT2D eigenvalue weighted by atomic mass is 19.2. The average Bonchev–Trinajstić information content (AvgIpc) is 0.776. The first-order valence-corrected chi connectivity index (χ1v) is 42.0. The topological polar surface area (TPSA) is 459 Å². The number of phenolic OH excluding ortho intramolecular Hbond substituents is 3. The van der Waals surface area contributed by atoms with Crippen molar-refractivity contribution in [2.75, 3.05) is 7.05 Å². The lowest BCUT2D eigenvalue weighted by atomic mass is 9.78. The van der Waals surface area contributed by atoms with Crippen LogP contribution in [-0.2, 0) is 67.2 Å². The Morgan fingerprint density at radius 3 is 0.947 bits per heavy atom. The number of rotatable bonds is 15. The molecule has 3 saturated heterocycles. The number of phenols is 3. The Morgan fingerprint density at radius 1 is 0.353 bits per heavy atom. The van der Waals surface area contributed by atoms with E-state index < -0.39 is 326 Å². The number of hydrogen-bond acceptors (Lipinski definition) is 19.